The van der Waals surface area contributed by atoms with Crippen LogP contribution in [0.4, 0.5) is 0 Å². The Morgan fingerprint density at radius 3 is 1.59 bits per heavy atom. The predicted molar refractivity (Wildman–Crippen MR) is 245 cm³/mol. The predicted octanol–water partition coefficient (Wildman–Crippen LogP) is 13.4. The molecule has 0 bridgehead atoms. The number of aromatic nitrogens is 6. The molecule has 0 aliphatic carbocycles. The average molecular weight is 783 g/mol. The summed E-state index contributed by atoms with van der Waals surface area (Å²) in [4.78, 5) is 20.5. The Balaban J connectivity index is 1.08. The molecule has 0 saturated carbocycles. The molecule has 61 heavy (non-hydrogen) atoms. The van der Waals surface area contributed by atoms with Crippen LogP contribution in [0, 0.1) is 0 Å². The summed E-state index contributed by atoms with van der Waals surface area (Å²) in [6.45, 7) is 0. The lowest BCUT2D eigenvalue weighted by Gasteiger charge is -2.09. The number of imidazole rings is 2. The smallest absolute Gasteiger partial charge is 0.220 e. The van der Waals surface area contributed by atoms with E-state index >= 15 is 0 Å². The fourth-order valence-corrected chi connectivity index (χ4v) is 8.58. The van der Waals surface area contributed by atoms with Gasteiger partial charge in [0.2, 0.25) is 5.78 Å². The Kier molecular flexibility index (Phi) is 8.03. The fourth-order valence-electron chi connectivity index (χ4n) is 8.58. The zero-order chi connectivity index (χ0) is 40.3. The van der Waals surface area contributed by atoms with Gasteiger partial charge in [0.25, 0.3) is 0 Å². The summed E-state index contributed by atoms with van der Waals surface area (Å²) in [5, 5.41) is 1.94. The van der Waals surface area contributed by atoms with Crippen LogP contribution in [0.25, 0.3) is 112 Å². The van der Waals surface area contributed by atoms with Gasteiger partial charge in [-0.2, -0.15) is 0 Å². The molecule has 12 rings (SSSR count). The normalized spacial score (nSPS) is 11.6. The number of rotatable bonds is 7. The van der Waals surface area contributed by atoms with Crippen LogP contribution >= 0.6 is 0 Å². The van der Waals surface area contributed by atoms with Crippen molar-refractivity contribution in [3.05, 3.63) is 206 Å². The lowest BCUT2D eigenvalue weighted by atomic mass is 10.00. The maximum Gasteiger partial charge on any atom is 0.220 e. The van der Waals surface area contributed by atoms with E-state index in [0.717, 1.165) is 94.8 Å². The molecule has 0 saturated heterocycles. The van der Waals surface area contributed by atoms with Crippen molar-refractivity contribution in [1.82, 2.24) is 28.9 Å². The lowest BCUT2D eigenvalue weighted by Crippen LogP contribution is -2.00. The van der Waals surface area contributed by atoms with Gasteiger partial charge < -0.3 is 4.42 Å². The molecule has 7 nitrogen and oxygen atoms in total. The van der Waals surface area contributed by atoms with Crippen LogP contribution in [0.1, 0.15) is 0 Å². The molecule has 0 amide bonds. The first-order valence-electron chi connectivity index (χ1n) is 20.3. The van der Waals surface area contributed by atoms with Gasteiger partial charge >= 0.3 is 0 Å². The van der Waals surface area contributed by atoms with E-state index in [4.69, 9.17) is 24.4 Å². The zero-order valence-electron chi connectivity index (χ0n) is 32.7. The van der Waals surface area contributed by atoms with Crippen LogP contribution in [0.5, 0.6) is 0 Å². The highest BCUT2D eigenvalue weighted by Gasteiger charge is 2.24. The van der Waals surface area contributed by atoms with Gasteiger partial charge in [-0.3, -0.25) is 8.97 Å². The van der Waals surface area contributed by atoms with Crippen molar-refractivity contribution >= 4 is 38.7 Å². The maximum absolute atomic E-state index is 6.54. The quantitative estimate of drug-likeness (QED) is 0.161. The minimum Gasteiger partial charge on any atom is -0.456 e. The Morgan fingerprint density at radius 2 is 0.934 bits per heavy atom. The molecule has 4 heterocycles. The summed E-state index contributed by atoms with van der Waals surface area (Å²) >= 11 is 0. The Bertz CT molecular complexity index is 3500. The molecule has 0 aliphatic heterocycles. The Labute approximate surface area is 350 Å². The van der Waals surface area contributed by atoms with Crippen LogP contribution in [-0.4, -0.2) is 28.9 Å². The highest BCUT2D eigenvalue weighted by atomic mass is 16.3. The van der Waals surface area contributed by atoms with Crippen molar-refractivity contribution in [2.75, 3.05) is 0 Å². The van der Waals surface area contributed by atoms with Crippen molar-refractivity contribution in [3.63, 3.8) is 0 Å². The van der Waals surface area contributed by atoms with Gasteiger partial charge in [-0.15, -0.1) is 0 Å². The monoisotopic (exact) mass is 782 g/mol. The second-order valence-electron chi connectivity index (χ2n) is 15.1. The number of furan rings is 1. The van der Waals surface area contributed by atoms with E-state index in [1.54, 1.807) is 0 Å². The van der Waals surface area contributed by atoms with E-state index in [1.165, 1.54) is 0 Å². The van der Waals surface area contributed by atoms with Crippen LogP contribution in [0.2, 0.25) is 0 Å². The summed E-state index contributed by atoms with van der Waals surface area (Å²) in [5.74, 6) is 2.66. The Hall–Kier alpha value is -8.42. The third-order valence-corrected chi connectivity index (χ3v) is 11.4. The number of para-hydroxylation sites is 1. The van der Waals surface area contributed by atoms with Crippen LogP contribution in [-0.2, 0) is 0 Å². The topological polar surface area (TPSA) is 74.0 Å². The first-order chi connectivity index (χ1) is 30.2. The number of benzene rings is 8. The van der Waals surface area contributed by atoms with Gasteiger partial charge in [0.05, 0.1) is 22.4 Å². The number of hydrogen-bond donors (Lipinski definition) is 0. The van der Waals surface area contributed by atoms with Crippen LogP contribution < -0.4 is 0 Å². The molecular formula is C54H34N6O. The Morgan fingerprint density at radius 1 is 0.377 bits per heavy atom. The largest absolute Gasteiger partial charge is 0.456 e. The standard InChI is InChI=1S/C54H34N6O/c1-6-17-35(18-7-1)49-50(36-19-8-2-9-20-36)60-45-34-40(29-31-44(45)59(54(60)55-49)41-25-14-5-15-26-41)39-30-32-46-43(33-39)48-42(27-16-28-47(48)61-46)53-57-51(37-21-10-3-11-22-37)56-52(58-53)38-23-12-4-13-24-38/h1-34H. The minimum atomic E-state index is 0.584. The van der Waals surface area contributed by atoms with E-state index in [-0.39, 0.29) is 0 Å². The molecule has 0 aliphatic rings. The molecule has 0 fully saturated rings. The van der Waals surface area contributed by atoms with E-state index < -0.39 is 0 Å². The molecule has 4 aromatic heterocycles. The van der Waals surface area contributed by atoms with Gasteiger partial charge in [-0.05, 0) is 53.6 Å². The first-order valence-corrected chi connectivity index (χ1v) is 20.3. The van der Waals surface area contributed by atoms with Gasteiger partial charge in [-0.25, -0.2) is 19.9 Å². The van der Waals surface area contributed by atoms with E-state index in [9.17, 15) is 0 Å². The number of nitrogens with zero attached hydrogens (tertiary/aromatic N) is 6. The van der Waals surface area contributed by atoms with E-state index in [0.29, 0.717) is 17.5 Å². The molecular weight excluding hydrogens is 749 g/mol. The summed E-state index contributed by atoms with van der Waals surface area (Å²) in [6.07, 6.45) is 0. The molecule has 286 valence electrons. The zero-order valence-corrected chi connectivity index (χ0v) is 32.7. The van der Waals surface area contributed by atoms with Crippen molar-refractivity contribution in [2.24, 2.45) is 0 Å². The summed E-state index contributed by atoms with van der Waals surface area (Å²) in [5.41, 5.74) is 13.7. The number of hydrogen-bond acceptors (Lipinski definition) is 5. The van der Waals surface area contributed by atoms with E-state index in [2.05, 4.69) is 130 Å². The SMILES string of the molecule is c1ccc(-c2nc(-c3ccccc3)nc(-c3cccc4oc5ccc(-c6ccc7c(c6)n6c(-c8ccccc8)c(-c8ccccc8)nc6n7-c6ccccc6)cc5c34)n2)cc1. The van der Waals surface area contributed by atoms with Crippen molar-refractivity contribution in [3.8, 4) is 73.5 Å². The third kappa shape index (κ3) is 5.82. The molecule has 7 heteroatoms. The maximum atomic E-state index is 6.54. The highest BCUT2D eigenvalue weighted by Crippen LogP contribution is 2.41. The van der Waals surface area contributed by atoms with Crippen molar-refractivity contribution in [1.29, 1.82) is 0 Å². The van der Waals surface area contributed by atoms with Crippen LogP contribution in [0.15, 0.2) is 211 Å². The molecule has 0 N–H and O–H groups in total. The van der Waals surface area contributed by atoms with Gasteiger partial charge in [0.1, 0.15) is 11.2 Å². The summed E-state index contributed by atoms with van der Waals surface area (Å²) in [7, 11) is 0. The average Bonchev–Trinajstić information content (AvgIpc) is 4.01. The van der Waals surface area contributed by atoms with Gasteiger partial charge in [0, 0.05) is 44.3 Å². The fraction of sp³-hybridized carbons (Fsp3) is 0. The molecule has 12 aromatic rings. The minimum absolute atomic E-state index is 0.584. The lowest BCUT2D eigenvalue weighted by molar-refractivity contribution is 0.669. The van der Waals surface area contributed by atoms with Crippen molar-refractivity contribution in [2.45, 2.75) is 0 Å². The second-order valence-corrected chi connectivity index (χ2v) is 15.1. The molecule has 0 spiro atoms. The molecule has 0 atom stereocenters. The van der Waals surface area contributed by atoms with Crippen molar-refractivity contribution < 1.29 is 4.42 Å². The first kappa shape index (κ1) is 34.6. The highest BCUT2D eigenvalue weighted by molar-refractivity contribution is 6.13. The van der Waals surface area contributed by atoms with Gasteiger partial charge in [-0.1, -0.05) is 164 Å². The summed E-state index contributed by atoms with van der Waals surface area (Å²) in [6, 6.07) is 70.9. The van der Waals surface area contributed by atoms with Gasteiger partial charge in [0.15, 0.2) is 17.5 Å². The van der Waals surface area contributed by atoms with Crippen LogP contribution in [0.3, 0.4) is 0 Å². The molecule has 0 radical (unpaired) electrons. The molecule has 0 unspecified atom stereocenters. The number of fused-ring (bicyclic) bond motifs is 6. The summed E-state index contributed by atoms with van der Waals surface area (Å²) < 4.78 is 11.1. The molecule has 8 aromatic carbocycles. The second kappa shape index (κ2) is 14.1. The third-order valence-electron chi connectivity index (χ3n) is 11.4. The van der Waals surface area contributed by atoms with E-state index in [1.807, 2.05) is 84.9 Å².